The molecule has 2 aliphatic rings. The Morgan fingerprint density at radius 3 is 2.64 bits per heavy atom. The maximum Gasteiger partial charge on any atom is 0.125 e. The molecule has 0 aliphatic heterocycles. The van der Waals surface area contributed by atoms with Crippen LogP contribution < -0.4 is 0 Å². The first-order valence-corrected chi connectivity index (χ1v) is 10.5. The van der Waals surface area contributed by atoms with E-state index < -0.39 is 5.60 Å². The fourth-order valence-electron chi connectivity index (χ4n) is 5.35. The van der Waals surface area contributed by atoms with E-state index in [1.807, 2.05) is 12.1 Å². The minimum atomic E-state index is -0.871. The molecule has 0 amide bonds. The number of hydrogen-bond donors (Lipinski definition) is 2. The highest BCUT2D eigenvalue weighted by Crippen LogP contribution is 2.54. The van der Waals surface area contributed by atoms with Gasteiger partial charge in [0.1, 0.15) is 11.4 Å². The Morgan fingerprint density at radius 2 is 1.89 bits per heavy atom. The number of hydrogen-bond acceptors (Lipinski definition) is 2. The van der Waals surface area contributed by atoms with Crippen LogP contribution in [0.1, 0.15) is 56.2 Å². The standard InChI is InChI=1S/C26H30O2/c1-19(2)12-13-25(28)14-15-26(17-20-6-4-3-5-7-20)22(18-25)9-8-21-16-23(27)10-11-24(21)26/h3-7,10-11,16,19,22,27-28H,8-9,14-15,17-18H2,1-2H3/t22-,25-,26+/m1/s1. The second-order valence-corrected chi connectivity index (χ2v) is 9.06. The number of phenolic OH excluding ortho intramolecular Hbond substituents is 1. The van der Waals surface area contributed by atoms with Crippen LogP contribution in [-0.2, 0) is 18.3 Å². The van der Waals surface area contributed by atoms with Gasteiger partial charge in [0.2, 0.25) is 0 Å². The van der Waals surface area contributed by atoms with Crippen LogP contribution in [0, 0.1) is 23.7 Å². The molecular weight excluding hydrogens is 344 g/mol. The zero-order valence-corrected chi connectivity index (χ0v) is 16.9. The molecule has 28 heavy (non-hydrogen) atoms. The Bertz CT molecular complexity index is 905. The van der Waals surface area contributed by atoms with Crippen molar-refractivity contribution in [3.05, 3.63) is 65.2 Å². The maximum absolute atomic E-state index is 11.2. The monoisotopic (exact) mass is 374 g/mol. The Balaban J connectivity index is 1.75. The van der Waals surface area contributed by atoms with Gasteiger partial charge in [-0.05, 0) is 73.3 Å². The summed E-state index contributed by atoms with van der Waals surface area (Å²) in [7, 11) is 0. The van der Waals surface area contributed by atoms with E-state index in [1.165, 1.54) is 16.7 Å². The zero-order valence-electron chi connectivity index (χ0n) is 16.9. The van der Waals surface area contributed by atoms with Crippen molar-refractivity contribution >= 4 is 0 Å². The predicted octanol–water partition coefficient (Wildman–Crippen LogP) is 5.01. The van der Waals surface area contributed by atoms with Crippen molar-refractivity contribution in [2.45, 2.75) is 63.4 Å². The van der Waals surface area contributed by atoms with Crippen molar-refractivity contribution < 1.29 is 10.2 Å². The van der Waals surface area contributed by atoms with E-state index in [1.54, 1.807) is 0 Å². The zero-order chi connectivity index (χ0) is 19.8. The van der Waals surface area contributed by atoms with E-state index in [-0.39, 0.29) is 11.3 Å². The molecule has 2 heteroatoms. The van der Waals surface area contributed by atoms with Crippen LogP contribution in [0.5, 0.6) is 5.75 Å². The highest BCUT2D eigenvalue weighted by Gasteiger charge is 2.51. The number of aromatic hydroxyl groups is 1. The minimum Gasteiger partial charge on any atom is -0.508 e. The second kappa shape index (κ2) is 7.30. The molecule has 2 nitrogen and oxygen atoms in total. The summed E-state index contributed by atoms with van der Waals surface area (Å²) in [5.41, 5.74) is 3.11. The quantitative estimate of drug-likeness (QED) is 0.726. The average Bonchev–Trinajstić information content (AvgIpc) is 2.68. The van der Waals surface area contributed by atoms with Crippen molar-refractivity contribution in [3.8, 4) is 17.6 Å². The smallest absolute Gasteiger partial charge is 0.125 e. The van der Waals surface area contributed by atoms with Crippen LogP contribution in [0.2, 0.25) is 0 Å². The number of aryl methyl sites for hydroxylation is 1. The third-order valence-electron chi connectivity index (χ3n) is 6.69. The molecule has 0 bridgehead atoms. The van der Waals surface area contributed by atoms with Gasteiger partial charge in [-0.1, -0.05) is 62.1 Å². The van der Waals surface area contributed by atoms with E-state index >= 15 is 0 Å². The second-order valence-electron chi connectivity index (χ2n) is 9.06. The summed E-state index contributed by atoms with van der Waals surface area (Å²) >= 11 is 0. The predicted molar refractivity (Wildman–Crippen MR) is 113 cm³/mol. The largest absolute Gasteiger partial charge is 0.508 e. The van der Waals surface area contributed by atoms with E-state index in [2.05, 4.69) is 62.1 Å². The van der Waals surface area contributed by atoms with Gasteiger partial charge in [-0.3, -0.25) is 0 Å². The molecule has 3 atom stereocenters. The minimum absolute atomic E-state index is 0.00831. The van der Waals surface area contributed by atoms with Crippen molar-refractivity contribution in [1.82, 2.24) is 0 Å². The lowest BCUT2D eigenvalue weighted by atomic mass is 9.52. The fraction of sp³-hybridized carbons (Fsp3) is 0.462. The van der Waals surface area contributed by atoms with E-state index in [0.29, 0.717) is 18.1 Å². The van der Waals surface area contributed by atoms with Crippen molar-refractivity contribution in [2.24, 2.45) is 11.8 Å². The van der Waals surface area contributed by atoms with E-state index in [9.17, 15) is 10.2 Å². The van der Waals surface area contributed by atoms with Gasteiger partial charge in [0.25, 0.3) is 0 Å². The molecule has 0 saturated heterocycles. The summed E-state index contributed by atoms with van der Waals surface area (Å²) in [5.74, 6) is 7.43. The number of fused-ring (bicyclic) bond motifs is 3. The van der Waals surface area contributed by atoms with Gasteiger partial charge in [0.05, 0.1) is 0 Å². The molecule has 1 fully saturated rings. The summed E-state index contributed by atoms with van der Waals surface area (Å²) in [6, 6.07) is 16.6. The van der Waals surface area contributed by atoms with E-state index in [4.69, 9.17) is 0 Å². The van der Waals surface area contributed by atoms with Crippen molar-refractivity contribution in [3.63, 3.8) is 0 Å². The molecule has 0 heterocycles. The average molecular weight is 375 g/mol. The SMILES string of the molecule is CC(C)C#C[C@@]1(O)CC[C@@]2(Cc3ccccc3)c3ccc(O)cc3CC[C@@H]2C1. The first kappa shape index (κ1) is 19.1. The van der Waals surface area contributed by atoms with Gasteiger partial charge < -0.3 is 10.2 Å². The van der Waals surface area contributed by atoms with Gasteiger partial charge in [0.15, 0.2) is 0 Å². The lowest BCUT2D eigenvalue weighted by Crippen LogP contribution is -2.50. The fourth-order valence-corrected chi connectivity index (χ4v) is 5.35. The molecule has 1 saturated carbocycles. The van der Waals surface area contributed by atoms with Crippen molar-refractivity contribution in [2.75, 3.05) is 0 Å². The van der Waals surface area contributed by atoms with Crippen molar-refractivity contribution in [1.29, 1.82) is 0 Å². The number of phenols is 1. The van der Waals surface area contributed by atoms with Crippen LogP contribution in [0.3, 0.4) is 0 Å². The van der Waals surface area contributed by atoms with Gasteiger partial charge >= 0.3 is 0 Å². The Hall–Kier alpha value is -2.24. The van der Waals surface area contributed by atoms with Crippen LogP contribution in [-0.4, -0.2) is 15.8 Å². The highest BCUT2D eigenvalue weighted by molar-refractivity contribution is 5.45. The molecular formula is C26H30O2. The van der Waals surface area contributed by atoms with Crippen LogP contribution in [0.4, 0.5) is 0 Å². The molecule has 0 unspecified atom stereocenters. The van der Waals surface area contributed by atoms with Gasteiger partial charge in [0, 0.05) is 11.3 Å². The summed E-state index contributed by atoms with van der Waals surface area (Å²) in [4.78, 5) is 0. The van der Waals surface area contributed by atoms with Crippen LogP contribution in [0.15, 0.2) is 48.5 Å². The Morgan fingerprint density at radius 1 is 1.11 bits per heavy atom. The summed E-state index contributed by atoms with van der Waals surface area (Å²) in [6.45, 7) is 4.14. The van der Waals surface area contributed by atoms with Crippen LogP contribution in [0.25, 0.3) is 0 Å². The third-order valence-corrected chi connectivity index (χ3v) is 6.69. The molecule has 2 aromatic rings. The molecule has 2 aliphatic carbocycles. The highest BCUT2D eigenvalue weighted by atomic mass is 16.3. The topological polar surface area (TPSA) is 40.5 Å². The van der Waals surface area contributed by atoms with Gasteiger partial charge in [-0.25, -0.2) is 0 Å². The molecule has 146 valence electrons. The summed E-state index contributed by atoms with van der Waals surface area (Å²) in [5, 5.41) is 21.2. The van der Waals surface area contributed by atoms with E-state index in [0.717, 1.165) is 32.1 Å². The summed E-state index contributed by atoms with van der Waals surface area (Å²) < 4.78 is 0. The molecule has 0 radical (unpaired) electrons. The lowest BCUT2D eigenvalue weighted by molar-refractivity contribution is -0.00813. The molecule has 2 N–H and O–H groups in total. The summed E-state index contributed by atoms with van der Waals surface area (Å²) in [6.07, 6.45) is 5.33. The Kier molecular flexibility index (Phi) is 4.98. The molecule has 0 spiro atoms. The lowest BCUT2D eigenvalue weighted by Gasteiger charge is -2.52. The number of aliphatic hydroxyl groups is 1. The molecule has 2 aromatic carbocycles. The maximum atomic E-state index is 11.2. The molecule has 4 rings (SSSR count). The number of benzene rings is 2. The first-order chi connectivity index (χ1) is 13.4. The third kappa shape index (κ3) is 3.56. The Labute approximate surface area is 168 Å². The normalized spacial score (nSPS) is 28.8. The first-order valence-electron chi connectivity index (χ1n) is 10.5. The van der Waals surface area contributed by atoms with Gasteiger partial charge in [-0.15, -0.1) is 0 Å². The van der Waals surface area contributed by atoms with Gasteiger partial charge in [-0.2, -0.15) is 0 Å². The van der Waals surface area contributed by atoms with Crippen LogP contribution >= 0.6 is 0 Å². The molecule has 0 aromatic heterocycles. The number of rotatable bonds is 2.